The fourth-order valence-corrected chi connectivity index (χ4v) is 7.16. The van der Waals surface area contributed by atoms with E-state index < -0.39 is 45.9 Å². The highest BCUT2D eigenvalue weighted by Crippen LogP contribution is 2.39. The summed E-state index contributed by atoms with van der Waals surface area (Å²) in [7, 11) is -4.10. The molecule has 11 nitrogen and oxygen atoms in total. The number of aryl methyl sites for hydroxylation is 1. The van der Waals surface area contributed by atoms with Gasteiger partial charge < -0.3 is 14.6 Å². The molecule has 1 aromatic carbocycles. The number of halogens is 4. The van der Waals surface area contributed by atoms with Crippen molar-refractivity contribution >= 4 is 33.2 Å². The van der Waals surface area contributed by atoms with Crippen LogP contribution in [0.1, 0.15) is 40.4 Å². The Morgan fingerprint density at radius 2 is 1.98 bits per heavy atom. The molecule has 5 heterocycles. The van der Waals surface area contributed by atoms with Crippen LogP contribution in [0.5, 0.6) is 5.88 Å². The van der Waals surface area contributed by atoms with Crippen LogP contribution in [0.15, 0.2) is 53.7 Å². The third-order valence-electron chi connectivity index (χ3n) is 7.56. The minimum Gasteiger partial charge on any atom is -0.481 e. The lowest BCUT2D eigenvalue weighted by atomic mass is 9.86. The maximum absolute atomic E-state index is 13.7. The first-order valence-corrected chi connectivity index (χ1v) is 14.7. The number of fused-ring (bicyclic) bond motifs is 2. The minimum atomic E-state index is -4.74. The van der Waals surface area contributed by atoms with Crippen molar-refractivity contribution in [2.24, 2.45) is 0 Å². The second-order valence-electron chi connectivity index (χ2n) is 10.5. The molecule has 0 radical (unpaired) electrons. The van der Waals surface area contributed by atoms with E-state index in [0.717, 1.165) is 10.6 Å². The second kappa shape index (κ2) is 10.4. The Labute approximate surface area is 247 Å². The Kier molecular flexibility index (Phi) is 7.11. The molecule has 1 saturated heterocycles. The quantitative estimate of drug-likeness (QED) is 0.332. The topological polar surface area (TPSA) is 136 Å². The number of carboxylic acid groups (broad SMARTS) is 1. The largest absolute Gasteiger partial charge is 0.481 e. The van der Waals surface area contributed by atoms with E-state index in [1.807, 2.05) is 0 Å². The van der Waals surface area contributed by atoms with Gasteiger partial charge in [-0.15, -0.1) is 10.2 Å². The van der Waals surface area contributed by atoms with E-state index in [2.05, 4.69) is 15.2 Å². The summed E-state index contributed by atoms with van der Waals surface area (Å²) in [5, 5.41) is 17.0. The van der Waals surface area contributed by atoms with Crippen LogP contribution in [0, 0.1) is 6.92 Å². The summed E-state index contributed by atoms with van der Waals surface area (Å²) in [6, 6.07) is 9.05. The van der Waals surface area contributed by atoms with Crippen molar-refractivity contribution < 1.29 is 41.0 Å². The number of carboxylic acids is 1. The summed E-state index contributed by atoms with van der Waals surface area (Å²) in [5.74, 6) is -3.20. The highest BCUT2D eigenvalue weighted by molar-refractivity contribution is 7.89. The van der Waals surface area contributed by atoms with Gasteiger partial charge in [0.1, 0.15) is 4.90 Å². The number of rotatable bonds is 6. The maximum atomic E-state index is 13.7. The molecule has 0 unspecified atom stereocenters. The molecule has 2 aliphatic heterocycles. The Bertz CT molecular complexity index is 1860. The van der Waals surface area contributed by atoms with Crippen molar-refractivity contribution in [3.8, 4) is 5.88 Å². The van der Waals surface area contributed by atoms with Gasteiger partial charge in [0.25, 0.3) is 0 Å². The lowest BCUT2D eigenvalue weighted by Crippen LogP contribution is -2.60. The number of ether oxygens (including phenoxy) is 2. The summed E-state index contributed by atoms with van der Waals surface area (Å²) < 4.78 is 81.1. The van der Waals surface area contributed by atoms with E-state index in [0.29, 0.717) is 22.3 Å². The van der Waals surface area contributed by atoms with E-state index >= 15 is 0 Å². The van der Waals surface area contributed by atoms with Crippen molar-refractivity contribution in [2.45, 2.75) is 42.5 Å². The SMILES string of the molecule is Cc1c([C@H](CC(=O)O)c2ccc(Cl)c(CN3CC4(COC4)Oc4ncccc4S3(=O)=O)c2)ccn2c(C(F)(F)F)nnc12. The predicted octanol–water partition coefficient (Wildman–Crippen LogP) is 4.06. The summed E-state index contributed by atoms with van der Waals surface area (Å²) in [4.78, 5) is 16.0. The number of alkyl halides is 3. The summed E-state index contributed by atoms with van der Waals surface area (Å²) in [6.07, 6.45) is -2.56. The fourth-order valence-electron chi connectivity index (χ4n) is 5.43. The van der Waals surface area contributed by atoms with Gasteiger partial charge in [-0.3, -0.25) is 9.20 Å². The second-order valence-corrected chi connectivity index (χ2v) is 12.8. The molecular weight excluding hydrogens is 615 g/mol. The van der Waals surface area contributed by atoms with Gasteiger partial charge in [-0.05, 0) is 53.4 Å². The number of benzene rings is 1. The standard InChI is InChI=1S/C27H23ClF3N5O6S/c1-15-18(6-8-36-23(15)33-34-25(36)27(29,30)31)19(10-22(37)38)16-4-5-20(28)17(9-16)11-35-12-26(13-41-14-26)42-24-21(43(35,39)40)3-2-7-32-24/h2-9,19H,10-14H2,1H3,(H,37,38)/t19-/m1/s1. The number of aliphatic carboxylic acids is 1. The van der Waals surface area contributed by atoms with Crippen LogP contribution < -0.4 is 4.74 Å². The van der Waals surface area contributed by atoms with Gasteiger partial charge in [-0.1, -0.05) is 23.7 Å². The van der Waals surface area contributed by atoms with Crippen LogP contribution in [-0.2, 0) is 32.3 Å². The average Bonchev–Trinajstić information content (AvgIpc) is 3.34. The summed E-state index contributed by atoms with van der Waals surface area (Å²) >= 11 is 6.55. The van der Waals surface area contributed by atoms with Gasteiger partial charge in [-0.2, -0.15) is 17.5 Å². The van der Waals surface area contributed by atoms with Crippen LogP contribution in [0.3, 0.4) is 0 Å². The number of sulfonamides is 1. The number of pyridine rings is 2. The van der Waals surface area contributed by atoms with Crippen LogP contribution in [0.4, 0.5) is 13.2 Å². The van der Waals surface area contributed by atoms with Crippen LogP contribution in [0.25, 0.3) is 5.65 Å². The number of aromatic nitrogens is 4. The molecule has 6 rings (SSSR count). The number of hydrogen-bond acceptors (Lipinski definition) is 8. The molecule has 43 heavy (non-hydrogen) atoms. The first-order valence-electron chi connectivity index (χ1n) is 12.9. The van der Waals surface area contributed by atoms with E-state index in [4.69, 9.17) is 21.1 Å². The van der Waals surface area contributed by atoms with Gasteiger partial charge in [0.2, 0.25) is 21.7 Å². The molecule has 1 N–H and O–H groups in total. The van der Waals surface area contributed by atoms with E-state index in [1.54, 1.807) is 19.1 Å². The van der Waals surface area contributed by atoms with E-state index in [1.165, 1.54) is 34.8 Å². The zero-order valence-corrected chi connectivity index (χ0v) is 23.9. The van der Waals surface area contributed by atoms with Crippen LogP contribution >= 0.6 is 11.6 Å². The zero-order chi connectivity index (χ0) is 30.7. The van der Waals surface area contributed by atoms with Crippen molar-refractivity contribution in [3.05, 3.63) is 81.9 Å². The highest BCUT2D eigenvalue weighted by atomic mass is 35.5. The highest BCUT2D eigenvalue weighted by Gasteiger charge is 2.49. The number of nitrogens with zero attached hydrogens (tertiary/aromatic N) is 5. The first-order chi connectivity index (χ1) is 20.3. The third kappa shape index (κ3) is 5.19. The molecule has 0 amide bonds. The monoisotopic (exact) mass is 637 g/mol. The molecule has 0 saturated carbocycles. The molecule has 226 valence electrons. The van der Waals surface area contributed by atoms with Gasteiger partial charge in [-0.25, -0.2) is 13.4 Å². The van der Waals surface area contributed by atoms with Gasteiger partial charge >= 0.3 is 12.1 Å². The van der Waals surface area contributed by atoms with Gasteiger partial charge in [0, 0.05) is 29.9 Å². The minimum absolute atomic E-state index is 0.0253. The van der Waals surface area contributed by atoms with Crippen molar-refractivity contribution in [1.29, 1.82) is 0 Å². The molecule has 0 aliphatic carbocycles. The van der Waals surface area contributed by atoms with Gasteiger partial charge in [0.15, 0.2) is 11.2 Å². The van der Waals surface area contributed by atoms with Crippen LogP contribution in [-0.4, -0.2) is 68.7 Å². The Balaban J connectivity index is 1.40. The molecule has 0 bridgehead atoms. The normalized spacial score (nSPS) is 18.4. The molecular formula is C27H23ClF3N5O6S. The Morgan fingerprint density at radius 3 is 2.65 bits per heavy atom. The maximum Gasteiger partial charge on any atom is 0.452 e. The van der Waals surface area contributed by atoms with Crippen LogP contribution in [0.2, 0.25) is 5.02 Å². The average molecular weight is 638 g/mol. The van der Waals surface area contributed by atoms with Crippen molar-refractivity contribution in [2.75, 3.05) is 19.8 Å². The Morgan fingerprint density at radius 1 is 1.21 bits per heavy atom. The summed E-state index contributed by atoms with van der Waals surface area (Å²) in [6.45, 7) is 1.63. The molecule has 3 aromatic heterocycles. The molecule has 1 fully saturated rings. The molecule has 2 aliphatic rings. The smallest absolute Gasteiger partial charge is 0.452 e. The first kappa shape index (κ1) is 29.3. The van der Waals surface area contributed by atoms with E-state index in [-0.39, 0.29) is 47.7 Å². The summed E-state index contributed by atoms with van der Waals surface area (Å²) in [5.41, 5.74) is 0.592. The lowest BCUT2D eigenvalue weighted by molar-refractivity contribution is -0.166. The Hall–Kier alpha value is -3.79. The molecule has 1 atom stereocenters. The third-order valence-corrected chi connectivity index (χ3v) is 9.73. The fraction of sp³-hybridized carbons (Fsp3) is 0.333. The number of carbonyl (C=O) groups is 1. The van der Waals surface area contributed by atoms with Crippen molar-refractivity contribution in [1.82, 2.24) is 23.9 Å². The predicted molar refractivity (Wildman–Crippen MR) is 144 cm³/mol. The lowest BCUT2D eigenvalue weighted by Gasteiger charge is -2.41. The zero-order valence-electron chi connectivity index (χ0n) is 22.4. The number of hydrogen-bond donors (Lipinski definition) is 1. The van der Waals surface area contributed by atoms with E-state index in [9.17, 15) is 31.5 Å². The molecule has 16 heteroatoms. The molecule has 1 spiro atoms. The van der Waals surface area contributed by atoms with Gasteiger partial charge in [0.05, 0.1) is 26.2 Å². The molecule has 4 aromatic rings. The van der Waals surface area contributed by atoms with Crippen molar-refractivity contribution in [3.63, 3.8) is 0 Å².